The monoisotopic (exact) mass is 261 g/mol. The third kappa shape index (κ3) is 2.60. The predicted octanol–water partition coefficient (Wildman–Crippen LogP) is 3.97. The quantitative estimate of drug-likeness (QED) is 0.901. The van der Waals surface area contributed by atoms with Crippen molar-refractivity contribution in [1.82, 2.24) is 5.32 Å². The molecule has 1 saturated carbocycles. The van der Waals surface area contributed by atoms with Gasteiger partial charge >= 0.3 is 0 Å². The van der Waals surface area contributed by atoms with Gasteiger partial charge in [-0.2, -0.15) is 0 Å². The Bertz CT molecular complexity index is 486. The largest absolute Gasteiger partial charge is 0.472 e. The standard InChI is InChI=1S/C15H16ClNO/c16-14-3-1-12(2-4-14)13-7-15(8-13)17-9-11-5-6-18-10-11/h1-6,10,13,15,17H,7-9H2. The molecule has 1 aromatic heterocycles. The predicted molar refractivity (Wildman–Crippen MR) is 72.8 cm³/mol. The van der Waals surface area contributed by atoms with Crippen molar-refractivity contribution in [2.24, 2.45) is 0 Å². The van der Waals surface area contributed by atoms with Crippen molar-refractivity contribution in [3.63, 3.8) is 0 Å². The fraction of sp³-hybridized carbons (Fsp3) is 0.333. The SMILES string of the molecule is Clc1ccc(C2CC(NCc3ccoc3)C2)cc1. The van der Waals surface area contributed by atoms with Crippen molar-refractivity contribution in [2.45, 2.75) is 31.3 Å². The first-order chi connectivity index (χ1) is 8.81. The van der Waals surface area contributed by atoms with E-state index in [0.717, 1.165) is 11.6 Å². The maximum atomic E-state index is 5.89. The van der Waals surface area contributed by atoms with Crippen molar-refractivity contribution in [2.75, 3.05) is 0 Å². The third-order valence-electron chi connectivity index (χ3n) is 3.65. The summed E-state index contributed by atoms with van der Waals surface area (Å²) in [7, 11) is 0. The van der Waals surface area contributed by atoms with Crippen LogP contribution in [0.1, 0.15) is 29.9 Å². The van der Waals surface area contributed by atoms with Gasteiger partial charge in [0.25, 0.3) is 0 Å². The van der Waals surface area contributed by atoms with Gasteiger partial charge in [-0.1, -0.05) is 23.7 Å². The summed E-state index contributed by atoms with van der Waals surface area (Å²) in [5.74, 6) is 0.684. The molecule has 1 aliphatic carbocycles. The summed E-state index contributed by atoms with van der Waals surface area (Å²) in [5, 5.41) is 4.36. The van der Waals surface area contributed by atoms with Gasteiger partial charge in [-0.3, -0.25) is 0 Å². The van der Waals surface area contributed by atoms with Gasteiger partial charge in [0.2, 0.25) is 0 Å². The van der Waals surface area contributed by atoms with Crippen LogP contribution >= 0.6 is 11.6 Å². The molecule has 1 N–H and O–H groups in total. The van der Waals surface area contributed by atoms with Gasteiger partial charge in [0, 0.05) is 23.2 Å². The molecule has 1 heterocycles. The number of benzene rings is 1. The second kappa shape index (κ2) is 5.17. The number of halogens is 1. The van der Waals surface area contributed by atoms with Crippen LogP contribution in [0.4, 0.5) is 0 Å². The molecule has 0 bridgehead atoms. The highest BCUT2D eigenvalue weighted by Gasteiger charge is 2.29. The van der Waals surface area contributed by atoms with E-state index in [2.05, 4.69) is 17.4 Å². The maximum Gasteiger partial charge on any atom is 0.0947 e. The fourth-order valence-electron chi connectivity index (χ4n) is 2.45. The lowest BCUT2D eigenvalue weighted by atomic mass is 9.76. The zero-order valence-electron chi connectivity index (χ0n) is 10.1. The Morgan fingerprint density at radius 2 is 1.94 bits per heavy atom. The molecule has 94 valence electrons. The van der Waals surface area contributed by atoms with E-state index in [1.165, 1.54) is 24.0 Å². The van der Waals surface area contributed by atoms with E-state index < -0.39 is 0 Å². The Balaban J connectivity index is 1.47. The molecule has 0 unspecified atom stereocenters. The van der Waals surface area contributed by atoms with Crippen LogP contribution < -0.4 is 5.32 Å². The number of nitrogens with one attached hydrogen (secondary N) is 1. The van der Waals surface area contributed by atoms with Gasteiger partial charge in [-0.25, -0.2) is 0 Å². The molecular formula is C15H16ClNO. The smallest absolute Gasteiger partial charge is 0.0947 e. The van der Waals surface area contributed by atoms with E-state index in [-0.39, 0.29) is 0 Å². The summed E-state index contributed by atoms with van der Waals surface area (Å²) in [6.45, 7) is 0.897. The van der Waals surface area contributed by atoms with Crippen LogP contribution in [-0.2, 0) is 6.54 Å². The van der Waals surface area contributed by atoms with Gasteiger partial charge in [0.15, 0.2) is 0 Å². The second-order valence-corrected chi connectivity index (χ2v) is 5.37. The summed E-state index contributed by atoms with van der Waals surface area (Å²) in [6, 6.07) is 10.9. The molecule has 0 atom stereocenters. The van der Waals surface area contributed by atoms with E-state index in [1.54, 1.807) is 12.5 Å². The molecule has 0 saturated heterocycles. The lowest BCUT2D eigenvalue weighted by molar-refractivity contribution is 0.289. The van der Waals surface area contributed by atoms with Crippen LogP contribution in [0.15, 0.2) is 47.3 Å². The molecule has 0 aliphatic heterocycles. The fourth-order valence-corrected chi connectivity index (χ4v) is 2.57. The summed E-state index contributed by atoms with van der Waals surface area (Å²) >= 11 is 5.89. The Labute approximate surface area is 112 Å². The topological polar surface area (TPSA) is 25.2 Å². The number of hydrogen-bond acceptors (Lipinski definition) is 2. The highest BCUT2D eigenvalue weighted by Crippen LogP contribution is 2.37. The normalized spacial score (nSPS) is 22.7. The summed E-state index contributed by atoms with van der Waals surface area (Å²) in [4.78, 5) is 0. The van der Waals surface area contributed by atoms with Crippen molar-refractivity contribution < 1.29 is 4.42 Å². The molecule has 0 radical (unpaired) electrons. The van der Waals surface area contributed by atoms with E-state index in [4.69, 9.17) is 16.0 Å². The minimum Gasteiger partial charge on any atom is -0.472 e. The molecule has 0 amide bonds. The van der Waals surface area contributed by atoms with Crippen molar-refractivity contribution >= 4 is 11.6 Å². The molecule has 3 rings (SSSR count). The van der Waals surface area contributed by atoms with Crippen LogP contribution in [0, 0.1) is 0 Å². The molecule has 18 heavy (non-hydrogen) atoms. The Hall–Kier alpha value is -1.25. The first kappa shape index (κ1) is 11.8. The van der Waals surface area contributed by atoms with E-state index in [1.807, 2.05) is 18.2 Å². The van der Waals surface area contributed by atoms with E-state index in [9.17, 15) is 0 Å². The van der Waals surface area contributed by atoms with Crippen LogP contribution in [-0.4, -0.2) is 6.04 Å². The van der Waals surface area contributed by atoms with Crippen LogP contribution in [0.3, 0.4) is 0 Å². The average Bonchev–Trinajstić information content (AvgIpc) is 2.82. The third-order valence-corrected chi connectivity index (χ3v) is 3.91. The van der Waals surface area contributed by atoms with Crippen molar-refractivity contribution in [3.05, 3.63) is 59.0 Å². The highest BCUT2D eigenvalue weighted by molar-refractivity contribution is 6.30. The first-order valence-corrected chi connectivity index (χ1v) is 6.69. The van der Waals surface area contributed by atoms with E-state index in [0.29, 0.717) is 12.0 Å². The minimum atomic E-state index is 0.626. The van der Waals surface area contributed by atoms with Gasteiger partial charge < -0.3 is 9.73 Å². The van der Waals surface area contributed by atoms with Crippen molar-refractivity contribution in [1.29, 1.82) is 0 Å². The van der Waals surface area contributed by atoms with Gasteiger partial charge in [-0.05, 0) is 42.5 Å². The highest BCUT2D eigenvalue weighted by atomic mass is 35.5. The molecule has 1 fully saturated rings. The second-order valence-electron chi connectivity index (χ2n) is 4.93. The Kier molecular flexibility index (Phi) is 3.39. The number of furan rings is 1. The minimum absolute atomic E-state index is 0.626. The lowest BCUT2D eigenvalue weighted by Crippen LogP contribution is -2.39. The maximum absolute atomic E-state index is 5.89. The molecule has 2 nitrogen and oxygen atoms in total. The Morgan fingerprint density at radius 1 is 1.17 bits per heavy atom. The molecule has 3 heteroatoms. The first-order valence-electron chi connectivity index (χ1n) is 6.31. The number of rotatable bonds is 4. The molecule has 2 aromatic rings. The lowest BCUT2D eigenvalue weighted by Gasteiger charge is -2.36. The molecule has 1 aliphatic rings. The van der Waals surface area contributed by atoms with Crippen LogP contribution in [0.25, 0.3) is 0 Å². The molecule has 1 aromatic carbocycles. The van der Waals surface area contributed by atoms with E-state index >= 15 is 0 Å². The summed E-state index contributed by atoms with van der Waals surface area (Å²) in [6.07, 6.45) is 5.93. The van der Waals surface area contributed by atoms with Gasteiger partial charge in [0.05, 0.1) is 12.5 Å². The zero-order chi connectivity index (χ0) is 12.4. The average molecular weight is 262 g/mol. The van der Waals surface area contributed by atoms with Gasteiger partial charge in [0.1, 0.15) is 0 Å². The molecular weight excluding hydrogens is 246 g/mol. The number of hydrogen-bond donors (Lipinski definition) is 1. The van der Waals surface area contributed by atoms with Crippen LogP contribution in [0.5, 0.6) is 0 Å². The summed E-state index contributed by atoms with van der Waals surface area (Å²) < 4.78 is 5.05. The van der Waals surface area contributed by atoms with Gasteiger partial charge in [-0.15, -0.1) is 0 Å². The van der Waals surface area contributed by atoms with Crippen molar-refractivity contribution in [3.8, 4) is 0 Å². The van der Waals surface area contributed by atoms with Crippen LogP contribution in [0.2, 0.25) is 5.02 Å². The summed E-state index contributed by atoms with van der Waals surface area (Å²) in [5.41, 5.74) is 2.62. The molecule has 0 spiro atoms. The zero-order valence-corrected chi connectivity index (χ0v) is 10.9. The Morgan fingerprint density at radius 3 is 2.61 bits per heavy atom.